The van der Waals surface area contributed by atoms with Gasteiger partial charge in [-0.3, -0.25) is 0 Å². The molecule has 0 heterocycles. The molecule has 0 spiro atoms. The van der Waals surface area contributed by atoms with Crippen molar-refractivity contribution in [3.8, 4) is 5.75 Å². The van der Waals surface area contributed by atoms with E-state index in [2.05, 4.69) is 29.8 Å². The number of rotatable bonds is 5. The predicted octanol–water partition coefficient (Wildman–Crippen LogP) is 4.82. The van der Waals surface area contributed by atoms with E-state index in [1.165, 1.54) is 12.8 Å². The van der Waals surface area contributed by atoms with E-state index >= 15 is 0 Å². The Kier molecular flexibility index (Phi) is 6.12. The molecule has 1 aliphatic carbocycles. The smallest absolute Gasteiger partial charge is 0.119 e. The van der Waals surface area contributed by atoms with Gasteiger partial charge in [0.1, 0.15) is 5.75 Å². The molecule has 3 heteroatoms. The van der Waals surface area contributed by atoms with Crippen LogP contribution in [-0.2, 0) is 6.42 Å². The summed E-state index contributed by atoms with van der Waals surface area (Å²) in [5.74, 6) is 2.91. The van der Waals surface area contributed by atoms with Gasteiger partial charge in [0.05, 0.1) is 13.2 Å². The third kappa shape index (κ3) is 4.46. The van der Waals surface area contributed by atoms with Crippen molar-refractivity contribution in [3.05, 3.63) is 28.2 Å². The van der Waals surface area contributed by atoms with E-state index in [1.807, 2.05) is 18.2 Å². The van der Waals surface area contributed by atoms with Crippen LogP contribution in [0.1, 0.15) is 45.1 Å². The van der Waals surface area contributed by atoms with E-state index in [-0.39, 0.29) is 6.10 Å². The lowest BCUT2D eigenvalue weighted by Crippen LogP contribution is -2.29. The monoisotopic (exact) mass is 354 g/mol. The van der Waals surface area contributed by atoms with Crippen molar-refractivity contribution < 1.29 is 9.84 Å². The van der Waals surface area contributed by atoms with E-state index < -0.39 is 0 Å². The van der Waals surface area contributed by atoms with Gasteiger partial charge in [0.25, 0.3) is 0 Å². The third-order valence-corrected chi connectivity index (χ3v) is 5.76. The van der Waals surface area contributed by atoms with Crippen LogP contribution in [0.5, 0.6) is 5.75 Å². The number of aliphatic hydroxyl groups is 1. The molecule has 1 aliphatic rings. The van der Waals surface area contributed by atoms with Gasteiger partial charge in [-0.1, -0.05) is 29.8 Å². The summed E-state index contributed by atoms with van der Waals surface area (Å²) in [6.07, 6.45) is 5.30. The number of methoxy groups -OCH3 is 1. The Morgan fingerprint density at radius 1 is 1.19 bits per heavy atom. The zero-order valence-corrected chi connectivity index (χ0v) is 14.9. The van der Waals surface area contributed by atoms with Crippen molar-refractivity contribution >= 4 is 15.9 Å². The average Bonchev–Trinajstić information content (AvgIpc) is 2.49. The molecule has 2 nitrogen and oxygen atoms in total. The molecule has 0 amide bonds. The molecular weight excluding hydrogens is 328 g/mol. The van der Waals surface area contributed by atoms with Crippen LogP contribution < -0.4 is 4.74 Å². The van der Waals surface area contributed by atoms with Crippen LogP contribution in [0.15, 0.2) is 22.7 Å². The molecular formula is C18H27BrO2. The fourth-order valence-electron chi connectivity index (χ4n) is 3.42. The van der Waals surface area contributed by atoms with Gasteiger partial charge in [0.15, 0.2) is 0 Å². The number of aliphatic hydroxyl groups excluding tert-OH is 1. The van der Waals surface area contributed by atoms with Gasteiger partial charge >= 0.3 is 0 Å². The molecule has 0 aliphatic heterocycles. The van der Waals surface area contributed by atoms with Crippen molar-refractivity contribution in [2.24, 2.45) is 17.8 Å². The number of benzene rings is 1. The number of hydrogen-bond donors (Lipinski definition) is 1. The summed E-state index contributed by atoms with van der Waals surface area (Å²) in [4.78, 5) is 0. The lowest BCUT2D eigenvalue weighted by Gasteiger charge is -2.33. The zero-order chi connectivity index (χ0) is 15.4. The van der Waals surface area contributed by atoms with Gasteiger partial charge in [0.2, 0.25) is 0 Å². The quantitative estimate of drug-likeness (QED) is 0.820. The molecule has 0 radical (unpaired) electrons. The Bertz CT molecular complexity index is 451. The molecule has 1 saturated carbocycles. The van der Waals surface area contributed by atoms with Gasteiger partial charge in [-0.25, -0.2) is 0 Å². The fraction of sp³-hybridized carbons (Fsp3) is 0.667. The minimum Gasteiger partial charge on any atom is -0.497 e. The summed E-state index contributed by atoms with van der Waals surface area (Å²) >= 11 is 3.57. The van der Waals surface area contributed by atoms with Gasteiger partial charge in [0, 0.05) is 4.47 Å². The van der Waals surface area contributed by atoms with Gasteiger partial charge in [-0.15, -0.1) is 0 Å². The highest BCUT2D eigenvalue weighted by atomic mass is 79.9. The Morgan fingerprint density at radius 3 is 2.38 bits per heavy atom. The minimum atomic E-state index is -0.249. The van der Waals surface area contributed by atoms with Crippen LogP contribution >= 0.6 is 15.9 Å². The average molecular weight is 355 g/mol. The third-order valence-electron chi connectivity index (χ3n) is 4.99. The number of hydrogen-bond acceptors (Lipinski definition) is 2. The lowest BCUT2D eigenvalue weighted by atomic mass is 9.74. The highest BCUT2D eigenvalue weighted by Gasteiger charge is 2.28. The standard InChI is InChI=1S/C18H27BrO2/c1-12(2)13-4-6-14(7-5-13)18(20)11-15-10-16(21-3)8-9-17(15)19/h8-10,12-14,18,20H,4-7,11H2,1-3H3. The Balaban J connectivity index is 1.94. The van der Waals surface area contributed by atoms with E-state index in [1.54, 1.807) is 7.11 Å². The van der Waals surface area contributed by atoms with Crippen LogP contribution in [0.2, 0.25) is 0 Å². The highest BCUT2D eigenvalue weighted by molar-refractivity contribution is 9.10. The first kappa shape index (κ1) is 16.8. The summed E-state index contributed by atoms with van der Waals surface area (Å²) in [6.45, 7) is 4.63. The van der Waals surface area contributed by atoms with Crippen LogP contribution in [0.4, 0.5) is 0 Å². The van der Waals surface area contributed by atoms with E-state index in [0.29, 0.717) is 12.3 Å². The molecule has 1 aromatic carbocycles. The topological polar surface area (TPSA) is 29.5 Å². The van der Waals surface area contributed by atoms with Crippen molar-refractivity contribution in [1.82, 2.24) is 0 Å². The maximum absolute atomic E-state index is 10.6. The lowest BCUT2D eigenvalue weighted by molar-refractivity contribution is 0.0673. The van der Waals surface area contributed by atoms with Crippen molar-refractivity contribution in [3.63, 3.8) is 0 Å². The summed E-state index contributed by atoms with van der Waals surface area (Å²) in [5.41, 5.74) is 1.13. The summed E-state index contributed by atoms with van der Waals surface area (Å²) < 4.78 is 6.33. The van der Waals surface area contributed by atoms with Gasteiger partial charge in [-0.2, -0.15) is 0 Å². The zero-order valence-electron chi connectivity index (χ0n) is 13.3. The first-order valence-electron chi connectivity index (χ1n) is 8.01. The van der Waals surface area contributed by atoms with Crippen LogP contribution in [-0.4, -0.2) is 18.3 Å². The molecule has 2 rings (SSSR count). The van der Waals surface area contributed by atoms with Crippen molar-refractivity contribution in [1.29, 1.82) is 0 Å². The molecule has 0 aromatic heterocycles. The Morgan fingerprint density at radius 2 is 1.81 bits per heavy atom. The molecule has 1 aromatic rings. The molecule has 21 heavy (non-hydrogen) atoms. The van der Waals surface area contributed by atoms with Crippen molar-refractivity contribution in [2.45, 2.75) is 52.1 Å². The second-order valence-corrected chi connectivity index (χ2v) is 7.50. The first-order valence-corrected chi connectivity index (χ1v) is 8.81. The SMILES string of the molecule is COc1ccc(Br)c(CC(O)C2CCC(C(C)C)CC2)c1. The van der Waals surface area contributed by atoms with E-state index in [0.717, 1.165) is 40.5 Å². The molecule has 1 fully saturated rings. The Hall–Kier alpha value is -0.540. The van der Waals surface area contributed by atoms with Crippen molar-refractivity contribution in [2.75, 3.05) is 7.11 Å². The van der Waals surface area contributed by atoms with Crippen LogP contribution in [0.3, 0.4) is 0 Å². The molecule has 1 unspecified atom stereocenters. The molecule has 0 bridgehead atoms. The van der Waals surface area contributed by atoms with Crippen LogP contribution in [0, 0.1) is 17.8 Å². The molecule has 1 atom stereocenters. The molecule has 0 saturated heterocycles. The number of ether oxygens (including phenoxy) is 1. The summed E-state index contributed by atoms with van der Waals surface area (Å²) in [7, 11) is 1.68. The maximum Gasteiger partial charge on any atom is 0.119 e. The van der Waals surface area contributed by atoms with Gasteiger partial charge in [-0.05, 0) is 73.6 Å². The van der Waals surface area contributed by atoms with E-state index in [9.17, 15) is 5.11 Å². The fourth-order valence-corrected chi connectivity index (χ4v) is 3.83. The summed E-state index contributed by atoms with van der Waals surface area (Å²) in [6, 6.07) is 5.96. The first-order chi connectivity index (χ1) is 10.0. The second-order valence-electron chi connectivity index (χ2n) is 6.65. The van der Waals surface area contributed by atoms with E-state index in [4.69, 9.17) is 4.74 Å². The second kappa shape index (κ2) is 7.64. The minimum absolute atomic E-state index is 0.249. The van der Waals surface area contributed by atoms with Crippen LogP contribution in [0.25, 0.3) is 0 Å². The predicted molar refractivity (Wildman–Crippen MR) is 90.7 cm³/mol. The normalized spacial score (nSPS) is 24.1. The Labute approximate surface area is 137 Å². The number of halogens is 1. The molecule has 1 N–H and O–H groups in total. The molecule has 118 valence electrons. The largest absolute Gasteiger partial charge is 0.497 e. The maximum atomic E-state index is 10.6. The summed E-state index contributed by atoms with van der Waals surface area (Å²) in [5, 5.41) is 10.6. The van der Waals surface area contributed by atoms with Gasteiger partial charge < -0.3 is 9.84 Å². The highest BCUT2D eigenvalue weighted by Crippen LogP contribution is 2.36.